The molecule has 7 heteroatoms. The Bertz CT molecular complexity index is 654. The van der Waals surface area contributed by atoms with E-state index >= 15 is 0 Å². The lowest BCUT2D eigenvalue weighted by atomic mass is 9.76. The van der Waals surface area contributed by atoms with Crippen molar-refractivity contribution < 1.29 is 4.74 Å². The molecule has 0 spiro atoms. The molecule has 2 aliphatic rings. The Balaban J connectivity index is 1.58. The molecule has 0 aromatic carbocycles. The zero-order chi connectivity index (χ0) is 15.6. The van der Waals surface area contributed by atoms with Crippen LogP contribution in [-0.4, -0.2) is 51.0 Å². The van der Waals surface area contributed by atoms with Crippen molar-refractivity contribution in [1.29, 1.82) is 0 Å². The third-order valence-electron chi connectivity index (χ3n) is 5.01. The lowest BCUT2D eigenvalue weighted by molar-refractivity contribution is 0.0784. The van der Waals surface area contributed by atoms with Crippen molar-refractivity contribution in [1.82, 2.24) is 24.7 Å². The Morgan fingerprint density at radius 2 is 1.96 bits per heavy atom. The summed E-state index contributed by atoms with van der Waals surface area (Å²) >= 11 is 0. The molecule has 3 heterocycles. The fourth-order valence-electron chi connectivity index (χ4n) is 3.42. The van der Waals surface area contributed by atoms with Crippen LogP contribution in [0, 0.1) is 11.8 Å². The summed E-state index contributed by atoms with van der Waals surface area (Å²) in [5.74, 6) is 3.59. The molecule has 1 aliphatic heterocycles. The number of hydrogen-bond donors (Lipinski definition) is 0. The summed E-state index contributed by atoms with van der Waals surface area (Å²) in [6.45, 7) is 3.46. The second kappa shape index (κ2) is 6.23. The highest BCUT2D eigenvalue weighted by Crippen LogP contribution is 2.35. The van der Waals surface area contributed by atoms with Gasteiger partial charge in [0, 0.05) is 38.4 Å². The van der Waals surface area contributed by atoms with Gasteiger partial charge in [-0.05, 0) is 12.0 Å². The molecule has 7 nitrogen and oxygen atoms in total. The third-order valence-corrected chi connectivity index (χ3v) is 5.01. The maximum atomic E-state index is 5.82. The van der Waals surface area contributed by atoms with Crippen LogP contribution in [0.25, 0.3) is 11.6 Å². The highest BCUT2D eigenvalue weighted by molar-refractivity contribution is 5.48. The average molecular weight is 314 g/mol. The zero-order valence-electron chi connectivity index (χ0n) is 13.4. The lowest BCUT2D eigenvalue weighted by Gasteiger charge is -2.35. The van der Waals surface area contributed by atoms with E-state index < -0.39 is 0 Å². The SMILES string of the molecule is Cn1c(-c2ncccn2)nnc1N1CCOCC(C2CCC2)C1. The third kappa shape index (κ3) is 2.81. The number of hydrogen-bond acceptors (Lipinski definition) is 6. The van der Waals surface area contributed by atoms with Gasteiger partial charge in [0.05, 0.1) is 13.2 Å². The number of ether oxygens (including phenoxy) is 1. The molecule has 4 rings (SSSR count). The van der Waals surface area contributed by atoms with Gasteiger partial charge < -0.3 is 9.64 Å². The minimum absolute atomic E-state index is 0.597. The van der Waals surface area contributed by atoms with Gasteiger partial charge in [0.25, 0.3) is 0 Å². The van der Waals surface area contributed by atoms with E-state index in [0.29, 0.717) is 17.6 Å². The Morgan fingerprint density at radius 3 is 2.70 bits per heavy atom. The molecular weight excluding hydrogens is 292 g/mol. The maximum absolute atomic E-state index is 5.82. The standard InChI is InChI=1S/C16H22N6O/c1-21-15(14-17-6-3-7-18-14)19-20-16(21)22-8-9-23-11-13(10-22)12-4-2-5-12/h3,6-7,12-13H,2,4-5,8-11H2,1H3. The highest BCUT2D eigenvalue weighted by Gasteiger charge is 2.32. The lowest BCUT2D eigenvalue weighted by Crippen LogP contribution is -2.36. The van der Waals surface area contributed by atoms with Crippen molar-refractivity contribution in [2.75, 3.05) is 31.2 Å². The molecule has 1 aliphatic carbocycles. The van der Waals surface area contributed by atoms with Crippen molar-refractivity contribution >= 4 is 5.95 Å². The first kappa shape index (κ1) is 14.6. The first-order chi connectivity index (χ1) is 11.3. The molecule has 2 aromatic heterocycles. The van der Waals surface area contributed by atoms with Crippen molar-refractivity contribution in [3.05, 3.63) is 18.5 Å². The monoisotopic (exact) mass is 314 g/mol. The van der Waals surface area contributed by atoms with Gasteiger partial charge in [-0.25, -0.2) is 9.97 Å². The molecule has 0 bridgehead atoms. The molecule has 122 valence electrons. The Labute approximate surface area is 135 Å². The van der Waals surface area contributed by atoms with Gasteiger partial charge in [-0.15, -0.1) is 10.2 Å². The van der Waals surface area contributed by atoms with Crippen LogP contribution in [0.4, 0.5) is 5.95 Å². The topological polar surface area (TPSA) is 69.0 Å². The first-order valence-electron chi connectivity index (χ1n) is 8.32. The summed E-state index contributed by atoms with van der Waals surface area (Å²) in [5, 5.41) is 8.70. The Kier molecular flexibility index (Phi) is 3.95. The van der Waals surface area contributed by atoms with Crippen LogP contribution in [0.15, 0.2) is 18.5 Å². The number of nitrogens with zero attached hydrogens (tertiary/aromatic N) is 6. The molecule has 0 amide bonds. The maximum Gasteiger partial charge on any atom is 0.227 e. The molecule has 1 saturated heterocycles. The predicted molar refractivity (Wildman–Crippen MR) is 85.9 cm³/mol. The van der Waals surface area contributed by atoms with Crippen LogP contribution in [0.1, 0.15) is 19.3 Å². The molecule has 1 unspecified atom stereocenters. The summed E-state index contributed by atoms with van der Waals surface area (Å²) in [6.07, 6.45) is 7.49. The molecule has 2 aromatic rings. The van der Waals surface area contributed by atoms with Gasteiger partial charge in [-0.3, -0.25) is 4.57 Å². The van der Waals surface area contributed by atoms with Gasteiger partial charge in [-0.2, -0.15) is 0 Å². The van der Waals surface area contributed by atoms with E-state index in [4.69, 9.17) is 4.74 Å². The van der Waals surface area contributed by atoms with Crippen molar-refractivity contribution in [3.63, 3.8) is 0 Å². The second-order valence-electron chi connectivity index (χ2n) is 6.43. The van der Waals surface area contributed by atoms with E-state index in [1.165, 1.54) is 19.3 Å². The minimum Gasteiger partial charge on any atom is -0.379 e. The van der Waals surface area contributed by atoms with Gasteiger partial charge in [-0.1, -0.05) is 19.3 Å². The van der Waals surface area contributed by atoms with Crippen molar-refractivity contribution in [2.45, 2.75) is 19.3 Å². The summed E-state index contributed by atoms with van der Waals surface area (Å²) in [5.41, 5.74) is 0. The van der Waals surface area contributed by atoms with E-state index in [2.05, 4.69) is 25.1 Å². The normalized spacial score (nSPS) is 22.7. The number of anilines is 1. The van der Waals surface area contributed by atoms with Crippen LogP contribution < -0.4 is 4.90 Å². The Morgan fingerprint density at radius 1 is 1.13 bits per heavy atom. The van der Waals surface area contributed by atoms with Crippen molar-refractivity contribution in [2.24, 2.45) is 18.9 Å². The van der Waals surface area contributed by atoms with Crippen molar-refractivity contribution in [3.8, 4) is 11.6 Å². The first-order valence-corrected chi connectivity index (χ1v) is 8.32. The number of aromatic nitrogens is 5. The fourth-order valence-corrected chi connectivity index (χ4v) is 3.42. The largest absolute Gasteiger partial charge is 0.379 e. The summed E-state index contributed by atoms with van der Waals surface area (Å²) in [7, 11) is 1.98. The fraction of sp³-hybridized carbons (Fsp3) is 0.625. The van der Waals surface area contributed by atoms with Crippen LogP contribution in [0.2, 0.25) is 0 Å². The minimum atomic E-state index is 0.597. The molecule has 1 atom stereocenters. The van der Waals surface area contributed by atoms with Crippen LogP contribution in [0.5, 0.6) is 0 Å². The van der Waals surface area contributed by atoms with E-state index in [9.17, 15) is 0 Å². The molecule has 2 fully saturated rings. The molecular formula is C16H22N6O. The molecule has 23 heavy (non-hydrogen) atoms. The van der Waals surface area contributed by atoms with Crippen LogP contribution in [-0.2, 0) is 11.8 Å². The quantitative estimate of drug-likeness (QED) is 0.856. The second-order valence-corrected chi connectivity index (χ2v) is 6.43. The van der Waals surface area contributed by atoms with E-state index in [1.807, 2.05) is 11.6 Å². The van der Waals surface area contributed by atoms with E-state index in [0.717, 1.165) is 38.2 Å². The summed E-state index contributed by atoms with van der Waals surface area (Å²) < 4.78 is 7.81. The summed E-state index contributed by atoms with van der Waals surface area (Å²) in [6, 6.07) is 1.80. The number of rotatable bonds is 3. The average Bonchev–Trinajstić information content (AvgIpc) is 2.75. The smallest absolute Gasteiger partial charge is 0.227 e. The Hall–Kier alpha value is -2.02. The van der Waals surface area contributed by atoms with Gasteiger partial charge in [0.1, 0.15) is 0 Å². The zero-order valence-corrected chi connectivity index (χ0v) is 13.4. The molecule has 0 N–H and O–H groups in total. The van der Waals surface area contributed by atoms with Gasteiger partial charge in [0.15, 0.2) is 5.82 Å². The highest BCUT2D eigenvalue weighted by atomic mass is 16.5. The van der Waals surface area contributed by atoms with Gasteiger partial charge >= 0.3 is 0 Å². The molecule has 0 radical (unpaired) electrons. The van der Waals surface area contributed by atoms with E-state index in [-0.39, 0.29) is 0 Å². The summed E-state index contributed by atoms with van der Waals surface area (Å²) in [4.78, 5) is 10.9. The van der Waals surface area contributed by atoms with Crippen LogP contribution >= 0.6 is 0 Å². The van der Waals surface area contributed by atoms with Crippen LogP contribution in [0.3, 0.4) is 0 Å². The predicted octanol–water partition coefficient (Wildman–Crippen LogP) is 1.52. The van der Waals surface area contributed by atoms with Gasteiger partial charge in [0.2, 0.25) is 11.8 Å². The molecule has 1 saturated carbocycles. The van der Waals surface area contributed by atoms with E-state index in [1.54, 1.807) is 18.5 Å².